The van der Waals surface area contributed by atoms with Crippen LogP contribution in [0.2, 0.25) is 0 Å². The van der Waals surface area contributed by atoms with Crippen molar-refractivity contribution >= 4 is 41.7 Å². The zero-order valence-electron chi connectivity index (χ0n) is 19.8. The molecule has 6 rings (SSSR count). The molecule has 0 bridgehead atoms. The molecule has 5 aromatic heterocycles. The van der Waals surface area contributed by atoms with Crippen molar-refractivity contribution < 1.29 is 21.2 Å². The van der Waals surface area contributed by atoms with Crippen molar-refractivity contribution in [1.29, 1.82) is 0 Å². The van der Waals surface area contributed by atoms with Crippen molar-refractivity contribution in [1.82, 2.24) is 34.1 Å². The van der Waals surface area contributed by atoms with E-state index in [-0.39, 0.29) is 17.2 Å². The van der Waals surface area contributed by atoms with Gasteiger partial charge in [0.05, 0.1) is 47.3 Å². The number of rotatable bonds is 5. The average Bonchev–Trinajstić information content (AvgIpc) is 3.59. The van der Waals surface area contributed by atoms with Crippen LogP contribution >= 0.6 is 0 Å². The average molecular weight is 552 g/mol. The lowest BCUT2D eigenvalue weighted by Gasteiger charge is -2.08. The summed E-state index contributed by atoms with van der Waals surface area (Å²) in [4.78, 5) is 15.7. The Hall–Kier alpha value is -4.43. The lowest BCUT2D eigenvalue weighted by molar-refractivity contribution is 0.574. The molecule has 0 unspecified atom stereocenters. The van der Waals surface area contributed by atoms with Crippen LogP contribution in [0.4, 0.5) is 4.39 Å². The number of imidazole rings is 1. The van der Waals surface area contributed by atoms with Gasteiger partial charge in [-0.2, -0.15) is 5.10 Å². The second-order valence-electron chi connectivity index (χ2n) is 8.72. The van der Waals surface area contributed by atoms with E-state index in [2.05, 4.69) is 30.1 Å². The van der Waals surface area contributed by atoms with Gasteiger partial charge in [0, 0.05) is 34.4 Å². The fourth-order valence-electron chi connectivity index (χ4n) is 4.40. The van der Waals surface area contributed by atoms with Crippen LogP contribution in [0.5, 0.6) is 0 Å². The Balaban J connectivity index is 1.53. The Morgan fingerprint density at radius 3 is 2.39 bits per heavy atom. The summed E-state index contributed by atoms with van der Waals surface area (Å²) in [5.74, 6) is -0.374. The maximum atomic E-state index is 14.5. The summed E-state index contributed by atoms with van der Waals surface area (Å²) in [6.45, 7) is 0. The third-order valence-corrected chi connectivity index (χ3v) is 8.13. The van der Waals surface area contributed by atoms with Crippen molar-refractivity contribution in [3.8, 4) is 33.9 Å². The van der Waals surface area contributed by atoms with Crippen LogP contribution in [-0.2, 0) is 19.9 Å². The molecule has 38 heavy (non-hydrogen) atoms. The van der Waals surface area contributed by atoms with Crippen LogP contribution in [0.15, 0.2) is 66.3 Å². The number of sulfone groups is 1. The monoisotopic (exact) mass is 551 g/mol. The Bertz CT molecular complexity index is 2110. The van der Waals surface area contributed by atoms with E-state index in [1.165, 1.54) is 12.3 Å². The molecule has 2 N–H and O–H groups in total. The summed E-state index contributed by atoms with van der Waals surface area (Å²) in [5, 5.41) is 8.02. The Kier molecular flexibility index (Phi) is 5.22. The second-order valence-corrected chi connectivity index (χ2v) is 12.5. The molecule has 0 aliphatic heterocycles. The van der Waals surface area contributed by atoms with E-state index >= 15 is 0 Å². The third kappa shape index (κ3) is 3.85. The fraction of sp³-hybridized carbons (Fsp3) is 0.0833. The van der Waals surface area contributed by atoms with Gasteiger partial charge in [-0.25, -0.2) is 30.2 Å². The van der Waals surface area contributed by atoms with E-state index in [1.807, 2.05) is 6.07 Å². The fourth-order valence-corrected chi connectivity index (χ4v) is 6.68. The molecular weight excluding hydrogens is 533 g/mol. The first-order chi connectivity index (χ1) is 18.0. The van der Waals surface area contributed by atoms with Gasteiger partial charge < -0.3 is 4.98 Å². The van der Waals surface area contributed by atoms with Crippen LogP contribution in [0.3, 0.4) is 0 Å². The van der Waals surface area contributed by atoms with Gasteiger partial charge in [-0.1, -0.05) is 18.2 Å². The predicted molar refractivity (Wildman–Crippen MR) is 139 cm³/mol. The Morgan fingerprint density at radius 1 is 0.868 bits per heavy atom. The number of hydrogen-bond acceptors (Lipinski definition) is 8. The number of hydrogen-bond donors (Lipinski definition) is 2. The van der Waals surface area contributed by atoms with Crippen molar-refractivity contribution in [2.45, 2.75) is 5.16 Å². The van der Waals surface area contributed by atoms with Crippen LogP contribution in [0.25, 0.3) is 55.7 Å². The van der Waals surface area contributed by atoms with E-state index < -0.39 is 25.0 Å². The quantitative estimate of drug-likeness (QED) is 0.330. The molecule has 0 saturated heterocycles. The Labute approximate surface area is 215 Å². The molecule has 5 heterocycles. The molecule has 1 aromatic carbocycles. The lowest BCUT2D eigenvalue weighted by atomic mass is 10.0. The second kappa shape index (κ2) is 8.29. The van der Waals surface area contributed by atoms with Gasteiger partial charge in [0.1, 0.15) is 17.2 Å². The highest BCUT2D eigenvalue weighted by atomic mass is 32.2. The van der Waals surface area contributed by atoms with Crippen molar-refractivity contribution in [2.75, 3.05) is 12.5 Å². The molecular formula is C24H18FN7O4S2. The number of aromatic nitrogens is 7. The topological polar surface area (TPSA) is 156 Å². The first-order valence-electron chi connectivity index (χ1n) is 11.1. The molecule has 0 aliphatic rings. The summed E-state index contributed by atoms with van der Waals surface area (Å²) in [7, 11) is -7.98. The van der Waals surface area contributed by atoms with Crippen LogP contribution in [0, 0.1) is 5.82 Å². The number of benzene rings is 1. The lowest BCUT2D eigenvalue weighted by Crippen LogP contribution is -2.18. The van der Waals surface area contributed by atoms with Gasteiger partial charge in [0.2, 0.25) is 25.0 Å². The summed E-state index contributed by atoms with van der Waals surface area (Å²) < 4.78 is 64.6. The van der Waals surface area contributed by atoms with E-state index in [1.54, 1.807) is 36.7 Å². The largest absolute Gasteiger partial charge is 0.352 e. The van der Waals surface area contributed by atoms with E-state index in [4.69, 9.17) is 0 Å². The van der Waals surface area contributed by atoms with E-state index in [9.17, 15) is 21.2 Å². The number of fused-ring (bicyclic) bond motifs is 2. The molecule has 0 fully saturated rings. The van der Waals surface area contributed by atoms with Gasteiger partial charge in [-0.15, -0.1) is 0 Å². The van der Waals surface area contributed by atoms with Gasteiger partial charge in [0.25, 0.3) is 0 Å². The molecule has 0 spiro atoms. The minimum absolute atomic E-state index is 0.00957. The zero-order valence-corrected chi connectivity index (χ0v) is 21.5. The van der Waals surface area contributed by atoms with Crippen LogP contribution < -0.4 is 0 Å². The third-order valence-electron chi connectivity index (χ3n) is 6.03. The van der Waals surface area contributed by atoms with Gasteiger partial charge in [-0.3, -0.25) is 15.1 Å². The van der Waals surface area contributed by atoms with Crippen LogP contribution in [-0.4, -0.2) is 63.5 Å². The molecule has 0 saturated carbocycles. The highest BCUT2D eigenvalue weighted by Gasteiger charge is 2.27. The smallest absolute Gasteiger partial charge is 0.241 e. The molecule has 0 atom stereocenters. The highest BCUT2D eigenvalue weighted by molar-refractivity contribution is 7.92. The number of halogens is 1. The van der Waals surface area contributed by atoms with Gasteiger partial charge in [0.15, 0.2) is 0 Å². The zero-order chi connectivity index (χ0) is 26.8. The minimum Gasteiger partial charge on any atom is -0.352 e. The first kappa shape index (κ1) is 23.9. The SMILES string of the molecule is CS(=O)(=O)c1ncc(-c2cc3c(-c4cc5c(-c6ccccc6F)cncc5[nH]4)n[nH]c3cn2)n1S(C)(=O)=O. The number of H-pyrrole nitrogens is 2. The maximum Gasteiger partial charge on any atom is 0.241 e. The summed E-state index contributed by atoms with van der Waals surface area (Å²) in [5.41, 5.74) is 3.50. The molecule has 0 amide bonds. The number of nitrogens with zero attached hydrogens (tertiary/aromatic N) is 5. The van der Waals surface area contributed by atoms with Crippen molar-refractivity contribution in [3.63, 3.8) is 0 Å². The number of nitrogens with one attached hydrogen (secondary N) is 2. The van der Waals surface area contributed by atoms with Crippen LogP contribution in [0.1, 0.15) is 0 Å². The Morgan fingerprint density at radius 2 is 1.66 bits per heavy atom. The summed E-state index contributed by atoms with van der Waals surface area (Å²) >= 11 is 0. The first-order valence-corrected chi connectivity index (χ1v) is 14.8. The number of pyridine rings is 2. The molecule has 11 nitrogen and oxygen atoms in total. The van der Waals surface area contributed by atoms with E-state index in [0.29, 0.717) is 42.9 Å². The summed E-state index contributed by atoms with van der Waals surface area (Å²) in [6, 6.07) is 9.85. The van der Waals surface area contributed by atoms with Crippen molar-refractivity contribution in [2.24, 2.45) is 0 Å². The van der Waals surface area contributed by atoms with Crippen molar-refractivity contribution in [3.05, 3.63) is 67.0 Å². The summed E-state index contributed by atoms with van der Waals surface area (Å²) in [6.07, 6.45) is 7.61. The molecule has 6 aromatic rings. The standard InChI is InChI=1S/C24H18FN7O4S2/c1-37(33,34)24-28-12-22(32(24)38(2,35)36)18-8-15-21(11-27-18)30-31-23(15)19-7-14-16(9-26-10-20(14)29-19)13-5-3-4-6-17(13)25/h3-12,29H,1-2H3,(H,30,31). The van der Waals surface area contributed by atoms with Gasteiger partial charge in [-0.05, 0) is 18.2 Å². The molecule has 0 radical (unpaired) electrons. The van der Waals surface area contributed by atoms with Gasteiger partial charge >= 0.3 is 0 Å². The maximum absolute atomic E-state index is 14.5. The number of aromatic amines is 2. The molecule has 14 heteroatoms. The molecule has 0 aliphatic carbocycles. The van der Waals surface area contributed by atoms with E-state index in [0.717, 1.165) is 24.1 Å². The predicted octanol–water partition coefficient (Wildman–Crippen LogP) is 3.38. The normalized spacial score (nSPS) is 12.5. The molecule has 192 valence electrons. The minimum atomic E-state index is -4.04. The highest BCUT2D eigenvalue weighted by Crippen LogP contribution is 2.35.